The van der Waals surface area contributed by atoms with Crippen molar-refractivity contribution >= 4 is 0 Å². The smallest absolute Gasteiger partial charge is 0.227 e. The number of nitrogens with zero attached hydrogens (tertiary/aromatic N) is 15. The zero-order valence-electron chi connectivity index (χ0n) is 23.5. The highest BCUT2D eigenvalue weighted by Crippen LogP contribution is 2.04. The molecule has 16 heteroatoms. The van der Waals surface area contributed by atoms with Gasteiger partial charge in [-0.15, -0.1) is 25.5 Å². The minimum absolute atomic E-state index is 0.311. The molecule has 0 aromatic carbocycles. The highest BCUT2D eigenvalue weighted by molar-refractivity contribution is 4.84. The molecule has 0 amide bonds. The summed E-state index contributed by atoms with van der Waals surface area (Å²) < 4.78 is 3.59. The van der Waals surface area contributed by atoms with Crippen molar-refractivity contribution in [2.75, 3.05) is 0 Å². The van der Waals surface area contributed by atoms with E-state index in [9.17, 15) is 0 Å². The highest BCUT2D eigenvalue weighted by Gasteiger charge is 2.13. The Labute approximate surface area is 211 Å². The summed E-state index contributed by atoms with van der Waals surface area (Å²) in [4.78, 5) is 3.06. The van der Waals surface area contributed by atoms with Crippen molar-refractivity contribution in [3.63, 3.8) is 0 Å². The summed E-state index contributed by atoms with van der Waals surface area (Å²) >= 11 is 0. The fourth-order valence-electron chi connectivity index (χ4n) is 2.52. The molecule has 0 aliphatic carbocycles. The lowest BCUT2D eigenvalue weighted by atomic mass is 10.2. The number of aromatic amines is 1. The molecule has 0 spiro atoms. The summed E-state index contributed by atoms with van der Waals surface area (Å²) in [6, 6.07) is 0.672. The number of hydrogen-bond acceptors (Lipinski definition) is 11. The number of H-pyrrole nitrogens is 1. The quantitative estimate of drug-likeness (QED) is 0.394. The lowest BCUT2D eigenvalue weighted by Gasteiger charge is -2.02. The van der Waals surface area contributed by atoms with Gasteiger partial charge in [-0.25, -0.2) is 4.68 Å². The van der Waals surface area contributed by atoms with Gasteiger partial charge < -0.3 is 0 Å². The highest BCUT2D eigenvalue weighted by atomic mass is 15.6. The molecule has 0 unspecified atom stereocenters. The third-order valence-electron chi connectivity index (χ3n) is 4.38. The van der Waals surface area contributed by atoms with Crippen LogP contribution in [0.15, 0.2) is 0 Å². The van der Waals surface area contributed by atoms with Gasteiger partial charge in [-0.1, -0.05) is 32.9 Å². The first-order valence-electron chi connectivity index (χ1n) is 11.8. The first-order chi connectivity index (χ1) is 16.8. The Kier molecular flexibility index (Phi) is 12.3. The lowest BCUT2D eigenvalue weighted by Crippen LogP contribution is -2.35. The van der Waals surface area contributed by atoms with Crippen LogP contribution in [0.25, 0.3) is 0 Å². The van der Waals surface area contributed by atoms with Crippen LogP contribution < -0.4 is 4.68 Å². The molecule has 0 aliphatic heterocycles. The molecule has 0 aliphatic rings. The molecule has 4 heterocycles. The van der Waals surface area contributed by atoms with E-state index in [-0.39, 0.29) is 0 Å². The lowest BCUT2D eigenvalue weighted by molar-refractivity contribution is -0.739. The van der Waals surface area contributed by atoms with E-state index in [2.05, 4.69) is 75.7 Å². The van der Waals surface area contributed by atoms with Crippen LogP contribution in [-0.2, 0) is 14.1 Å². The Morgan fingerprint density at radius 3 is 1.64 bits per heavy atom. The maximum absolute atomic E-state index is 4.00. The van der Waals surface area contributed by atoms with Gasteiger partial charge in [0.05, 0.1) is 26.2 Å². The van der Waals surface area contributed by atoms with E-state index in [0.717, 1.165) is 23.3 Å². The fourth-order valence-corrected chi connectivity index (χ4v) is 2.52. The Morgan fingerprint density at radius 2 is 1.42 bits per heavy atom. The second-order valence-electron chi connectivity index (χ2n) is 9.18. The Balaban J connectivity index is 0.000000240. The summed E-state index contributed by atoms with van der Waals surface area (Å²) in [7, 11) is 3.66. The number of aryl methyl sites for hydroxylation is 4. The van der Waals surface area contributed by atoms with E-state index in [1.165, 1.54) is 4.80 Å². The van der Waals surface area contributed by atoms with Gasteiger partial charge in [0.15, 0.2) is 16.9 Å². The van der Waals surface area contributed by atoms with Gasteiger partial charge in [0.1, 0.15) is 10.9 Å². The number of hydrogen-bond donors (Lipinski definition) is 1. The molecule has 200 valence electrons. The topological polar surface area (TPSA) is 176 Å². The van der Waals surface area contributed by atoms with Crippen LogP contribution in [0.1, 0.15) is 103 Å². The van der Waals surface area contributed by atoms with E-state index in [0.29, 0.717) is 23.9 Å². The molecule has 0 atom stereocenters. The first kappa shape index (κ1) is 30.3. The predicted molar refractivity (Wildman–Crippen MR) is 130 cm³/mol. The largest absolute Gasteiger partial charge is 0.302 e. The van der Waals surface area contributed by atoms with Crippen LogP contribution in [0, 0.1) is 13.8 Å². The van der Waals surface area contributed by atoms with Gasteiger partial charge in [-0.2, -0.15) is 14.3 Å². The molecule has 16 nitrogen and oxygen atoms in total. The van der Waals surface area contributed by atoms with Crippen molar-refractivity contribution in [3.8, 4) is 0 Å². The van der Waals surface area contributed by atoms with Crippen LogP contribution in [-0.4, -0.2) is 76.1 Å². The van der Waals surface area contributed by atoms with Crippen LogP contribution >= 0.6 is 0 Å². The molecular formula is C20H41N16+. The number of nitrogens with one attached hydrogen (secondary N) is 1. The summed E-state index contributed by atoms with van der Waals surface area (Å²) in [5.74, 6) is 4.19. The Hall–Kier alpha value is -3.72. The van der Waals surface area contributed by atoms with E-state index >= 15 is 0 Å². The molecule has 1 N–H and O–H groups in total. The molecule has 0 radical (unpaired) electrons. The van der Waals surface area contributed by atoms with Crippen molar-refractivity contribution in [3.05, 3.63) is 23.3 Å². The van der Waals surface area contributed by atoms with Gasteiger partial charge in [0.25, 0.3) is 0 Å². The third-order valence-corrected chi connectivity index (χ3v) is 4.38. The van der Waals surface area contributed by atoms with Crippen molar-refractivity contribution < 1.29 is 4.68 Å². The van der Waals surface area contributed by atoms with Gasteiger partial charge in [-0.05, 0) is 62.4 Å². The number of tetrazole rings is 4. The monoisotopic (exact) mass is 505 g/mol. The zero-order valence-corrected chi connectivity index (χ0v) is 23.5. The zero-order chi connectivity index (χ0) is 27.4. The number of rotatable bonds is 4. The van der Waals surface area contributed by atoms with E-state index in [1.807, 2.05) is 67.1 Å². The van der Waals surface area contributed by atoms with Crippen LogP contribution in [0.5, 0.6) is 0 Å². The van der Waals surface area contributed by atoms with Gasteiger partial charge in [0, 0.05) is 11.8 Å². The maximum atomic E-state index is 4.00. The Bertz CT molecular complexity index is 1030. The first-order valence-corrected chi connectivity index (χ1v) is 11.8. The van der Waals surface area contributed by atoms with Crippen molar-refractivity contribution in [1.29, 1.82) is 0 Å². The van der Waals surface area contributed by atoms with Crippen molar-refractivity contribution in [1.82, 2.24) is 76.1 Å². The van der Waals surface area contributed by atoms with Gasteiger partial charge in [0.2, 0.25) is 0 Å². The van der Waals surface area contributed by atoms with Crippen LogP contribution in [0.3, 0.4) is 0 Å². The Morgan fingerprint density at radius 1 is 0.750 bits per heavy atom. The summed E-state index contributed by atoms with van der Waals surface area (Å²) in [5, 5.41) is 44.3. The van der Waals surface area contributed by atoms with E-state index in [4.69, 9.17) is 0 Å². The molecular weight excluding hydrogens is 464 g/mol. The maximum Gasteiger partial charge on any atom is 0.302 e. The predicted octanol–water partition coefficient (Wildman–Crippen LogP) is 1.21. The average molecular weight is 506 g/mol. The molecule has 4 aromatic heterocycles. The minimum Gasteiger partial charge on any atom is -0.227 e. The average Bonchev–Trinajstić information content (AvgIpc) is 3.58. The second-order valence-corrected chi connectivity index (χ2v) is 9.18. The van der Waals surface area contributed by atoms with Crippen LogP contribution in [0.2, 0.25) is 0 Å². The summed E-state index contributed by atoms with van der Waals surface area (Å²) in [6.07, 6.45) is 0. The summed E-state index contributed by atoms with van der Waals surface area (Å²) in [5.41, 5.74) is 0. The minimum atomic E-state index is 0.311. The molecule has 36 heavy (non-hydrogen) atoms. The molecule has 0 saturated heterocycles. The number of aromatic nitrogens is 16. The van der Waals surface area contributed by atoms with E-state index < -0.39 is 0 Å². The van der Waals surface area contributed by atoms with Crippen LogP contribution in [0.4, 0.5) is 0 Å². The molecule has 0 bridgehead atoms. The third kappa shape index (κ3) is 10.3. The van der Waals surface area contributed by atoms with Gasteiger partial charge in [-0.3, -0.25) is 0 Å². The molecule has 0 saturated carbocycles. The molecule has 4 rings (SSSR count). The normalized spacial score (nSPS) is 10.7. The summed E-state index contributed by atoms with van der Waals surface area (Å²) in [6.45, 7) is 20.1. The SMILES string of the molecule is CC(C)c1nn[nH][n+]1C.CC(C)c1nnn(C)n1.Cc1nnn(C(C)C)n1.Cc1nnnn1C(C)C. The van der Waals surface area contributed by atoms with Gasteiger partial charge >= 0.3 is 5.82 Å². The molecule has 4 aromatic rings. The van der Waals surface area contributed by atoms with E-state index in [1.54, 1.807) is 16.5 Å². The molecule has 0 fully saturated rings. The van der Waals surface area contributed by atoms with Crippen molar-refractivity contribution in [2.45, 2.75) is 93.2 Å². The standard InChI is InChI=1S/4C5H10N4/c1-4(2)5-6-7-8-9(5)3;1-4(2)5-6-8-9(3)7-5;1-4(2)9-5(3)6-7-8-9;1-4(2)9-7-5(3)6-8-9/h4*4H,1-3H3/p+1. The fraction of sp³-hybridized carbons (Fsp3) is 0.800. The second kappa shape index (κ2) is 14.6. The van der Waals surface area contributed by atoms with Crippen molar-refractivity contribution in [2.24, 2.45) is 14.1 Å².